The van der Waals surface area contributed by atoms with E-state index in [-0.39, 0.29) is 11.3 Å². The summed E-state index contributed by atoms with van der Waals surface area (Å²) in [5.74, 6) is -1.21. The third-order valence-electron chi connectivity index (χ3n) is 2.93. The number of carbonyl (C=O) groups is 1. The van der Waals surface area contributed by atoms with Gasteiger partial charge in [-0.15, -0.1) is 0 Å². The molecule has 21 heavy (non-hydrogen) atoms. The predicted octanol–water partition coefficient (Wildman–Crippen LogP) is 1.66. The van der Waals surface area contributed by atoms with E-state index in [1.54, 1.807) is 42.5 Å². The molecule has 0 spiro atoms. The standard InChI is InChI=1S/C15H15NO4S/c17-15(18)14(11-12-7-3-1-4-8-12)16-21(19,20)13-9-5-2-6-10-13/h1-10,14,16H,11H2,(H,17,18)/t14-/m0/s1. The Hall–Kier alpha value is -2.18. The minimum atomic E-state index is -3.86. The molecule has 0 aliphatic carbocycles. The molecular formula is C15H15NO4S. The second kappa shape index (κ2) is 6.51. The average molecular weight is 305 g/mol. The van der Waals surface area contributed by atoms with Crippen LogP contribution in [0.5, 0.6) is 0 Å². The second-order valence-corrected chi connectivity index (χ2v) is 6.23. The Morgan fingerprint density at radius 1 is 1.00 bits per heavy atom. The topological polar surface area (TPSA) is 83.5 Å². The van der Waals surface area contributed by atoms with E-state index >= 15 is 0 Å². The molecule has 0 bridgehead atoms. The van der Waals surface area contributed by atoms with Crippen molar-refractivity contribution in [2.45, 2.75) is 17.4 Å². The Morgan fingerprint density at radius 3 is 2.05 bits per heavy atom. The van der Waals surface area contributed by atoms with Gasteiger partial charge in [-0.25, -0.2) is 8.42 Å². The number of hydrogen-bond acceptors (Lipinski definition) is 3. The number of sulfonamides is 1. The number of carboxylic acids is 1. The lowest BCUT2D eigenvalue weighted by Crippen LogP contribution is -2.42. The molecule has 0 heterocycles. The molecule has 0 fully saturated rings. The summed E-state index contributed by atoms with van der Waals surface area (Å²) in [6, 6.07) is 15.4. The maximum absolute atomic E-state index is 12.2. The zero-order valence-corrected chi connectivity index (χ0v) is 12.0. The third kappa shape index (κ3) is 4.14. The van der Waals surface area contributed by atoms with Crippen LogP contribution in [0.2, 0.25) is 0 Å². The third-order valence-corrected chi connectivity index (χ3v) is 4.42. The normalized spacial score (nSPS) is 12.8. The van der Waals surface area contributed by atoms with Gasteiger partial charge >= 0.3 is 5.97 Å². The number of nitrogens with one attached hydrogen (secondary N) is 1. The Balaban J connectivity index is 2.19. The number of hydrogen-bond donors (Lipinski definition) is 2. The van der Waals surface area contributed by atoms with Crippen molar-refractivity contribution in [3.8, 4) is 0 Å². The van der Waals surface area contributed by atoms with Gasteiger partial charge in [-0.2, -0.15) is 4.72 Å². The molecule has 0 saturated carbocycles. The van der Waals surface area contributed by atoms with Crippen LogP contribution in [0.25, 0.3) is 0 Å². The van der Waals surface area contributed by atoms with Gasteiger partial charge in [-0.1, -0.05) is 48.5 Å². The summed E-state index contributed by atoms with van der Waals surface area (Å²) >= 11 is 0. The fourth-order valence-corrected chi connectivity index (χ4v) is 3.09. The van der Waals surface area contributed by atoms with E-state index < -0.39 is 22.0 Å². The highest BCUT2D eigenvalue weighted by atomic mass is 32.2. The van der Waals surface area contributed by atoms with Crippen molar-refractivity contribution in [1.29, 1.82) is 0 Å². The van der Waals surface area contributed by atoms with Crippen LogP contribution in [0.15, 0.2) is 65.6 Å². The maximum atomic E-state index is 12.2. The Morgan fingerprint density at radius 2 is 1.52 bits per heavy atom. The van der Waals surface area contributed by atoms with Crippen LogP contribution in [-0.2, 0) is 21.2 Å². The van der Waals surface area contributed by atoms with Crippen LogP contribution in [-0.4, -0.2) is 25.5 Å². The molecule has 0 unspecified atom stereocenters. The highest BCUT2D eigenvalue weighted by Crippen LogP contribution is 2.10. The van der Waals surface area contributed by atoms with Gasteiger partial charge in [0, 0.05) is 0 Å². The fourth-order valence-electron chi connectivity index (χ4n) is 1.88. The van der Waals surface area contributed by atoms with Crippen molar-refractivity contribution in [2.24, 2.45) is 0 Å². The highest BCUT2D eigenvalue weighted by molar-refractivity contribution is 7.89. The van der Waals surface area contributed by atoms with Crippen molar-refractivity contribution in [2.75, 3.05) is 0 Å². The minimum Gasteiger partial charge on any atom is -0.480 e. The summed E-state index contributed by atoms with van der Waals surface area (Å²) in [6.07, 6.45) is 0.0856. The average Bonchev–Trinajstić information content (AvgIpc) is 2.48. The molecule has 2 N–H and O–H groups in total. The zero-order valence-electron chi connectivity index (χ0n) is 11.1. The van der Waals surface area contributed by atoms with E-state index in [2.05, 4.69) is 4.72 Å². The van der Waals surface area contributed by atoms with E-state index in [0.29, 0.717) is 0 Å². The van der Waals surface area contributed by atoms with Crippen LogP contribution in [0.1, 0.15) is 5.56 Å². The van der Waals surface area contributed by atoms with Gasteiger partial charge < -0.3 is 5.11 Å². The van der Waals surface area contributed by atoms with Crippen molar-refractivity contribution in [3.63, 3.8) is 0 Å². The largest absolute Gasteiger partial charge is 0.480 e. The van der Waals surface area contributed by atoms with E-state index in [1.165, 1.54) is 12.1 Å². The molecule has 0 saturated heterocycles. The molecule has 2 rings (SSSR count). The highest BCUT2D eigenvalue weighted by Gasteiger charge is 2.25. The summed E-state index contributed by atoms with van der Waals surface area (Å²) in [5, 5.41) is 9.22. The Kier molecular flexibility index (Phi) is 4.72. The van der Waals surface area contributed by atoms with E-state index in [1.807, 2.05) is 6.07 Å². The molecule has 6 heteroatoms. The SMILES string of the molecule is O=C(O)[C@H](Cc1ccccc1)NS(=O)(=O)c1ccccc1. The first-order chi connectivity index (χ1) is 9.99. The van der Waals surface area contributed by atoms with Crippen LogP contribution >= 0.6 is 0 Å². The molecule has 110 valence electrons. The van der Waals surface area contributed by atoms with Crippen molar-refractivity contribution >= 4 is 16.0 Å². The first-order valence-corrected chi connectivity index (χ1v) is 7.81. The lowest BCUT2D eigenvalue weighted by atomic mass is 10.1. The molecule has 0 aromatic heterocycles. The molecular weight excluding hydrogens is 290 g/mol. The van der Waals surface area contributed by atoms with Gasteiger partial charge in [0.15, 0.2) is 0 Å². The van der Waals surface area contributed by atoms with Crippen LogP contribution in [0, 0.1) is 0 Å². The molecule has 0 aliphatic heterocycles. The first kappa shape index (κ1) is 15.2. The first-order valence-electron chi connectivity index (χ1n) is 6.33. The maximum Gasteiger partial charge on any atom is 0.322 e. The van der Waals surface area contributed by atoms with Crippen LogP contribution in [0.4, 0.5) is 0 Å². The monoisotopic (exact) mass is 305 g/mol. The summed E-state index contributed by atoms with van der Waals surface area (Å²) in [5.41, 5.74) is 0.751. The molecule has 1 atom stereocenters. The Bertz CT molecular complexity index is 699. The summed E-state index contributed by atoms with van der Waals surface area (Å²) in [7, 11) is -3.86. The zero-order chi connectivity index (χ0) is 15.3. The number of benzene rings is 2. The minimum absolute atomic E-state index is 0.0457. The van der Waals surface area contributed by atoms with E-state index in [0.717, 1.165) is 5.56 Å². The molecule has 0 radical (unpaired) electrons. The summed E-state index contributed by atoms with van der Waals surface area (Å²) < 4.78 is 26.6. The predicted molar refractivity (Wildman–Crippen MR) is 78.3 cm³/mol. The van der Waals surface area contributed by atoms with Gasteiger partial charge in [0.25, 0.3) is 0 Å². The summed E-state index contributed by atoms with van der Waals surface area (Å²) in [4.78, 5) is 11.3. The van der Waals surface area contributed by atoms with Gasteiger partial charge in [-0.05, 0) is 24.1 Å². The molecule has 2 aromatic carbocycles. The number of rotatable bonds is 6. The van der Waals surface area contributed by atoms with Gasteiger partial charge in [-0.3, -0.25) is 4.79 Å². The van der Waals surface area contributed by atoms with Crippen molar-refractivity contribution in [1.82, 2.24) is 4.72 Å². The number of carboxylic acid groups (broad SMARTS) is 1. The van der Waals surface area contributed by atoms with Crippen molar-refractivity contribution in [3.05, 3.63) is 66.2 Å². The fraction of sp³-hybridized carbons (Fsp3) is 0.133. The van der Waals surface area contributed by atoms with E-state index in [9.17, 15) is 18.3 Å². The van der Waals surface area contributed by atoms with Crippen LogP contribution in [0.3, 0.4) is 0 Å². The van der Waals surface area contributed by atoms with Crippen molar-refractivity contribution < 1.29 is 18.3 Å². The quantitative estimate of drug-likeness (QED) is 0.850. The van der Waals surface area contributed by atoms with E-state index in [4.69, 9.17) is 0 Å². The van der Waals surface area contributed by atoms with Gasteiger partial charge in [0.1, 0.15) is 6.04 Å². The molecule has 5 nitrogen and oxygen atoms in total. The van der Waals surface area contributed by atoms with Gasteiger partial charge in [0.05, 0.1) is 4.90 Å². The molecule has 2 aromatic rings. The summed E-state index contributed by atoms with van der Waals surface area (Å²) in [6.45, 7) is 0. The second-order valence-electron chi connectivity index (χ2n) is 4.51. The smallest absolute Gasteiger partial charge is 0.322 e. The molecule has 0 amide bonds. The molecule has 0 aliphatic rings. The van der Waals surface area contributed by atoms with Crippen LogP contribution < -0.4 is 4.72 Å². The Labute approximate surface area is 123 Å². The van der Waals surface area contributed by atoms with Gasteiger partial charge in [0.2, 0.25) is 10.0 Å². The lowest BCUT2D eigenvalue weighted by Gasteiger charge is -2.15. The number of aliphatic carboxylic acids is 1. The lowest BCUT2D eigenvalue weighted by molar-refractivity contribution is -0.138.